The molecule has 32 heavy (non-hydrogen) atoms. The molecule has 0 atom stereocenters. The average molecular weight is 440 g/mol. The Morgan fingerprint density at radius 1 is 0.594 bits per heavy atom. The summed E-state index contributed by atoms with van der Waals surface area (Å²) >= 11 is 0. The van der Waals surface area contributed by atoms with Crippen LogP contribution in [0.4, 0.5) is 22.0 Å². The standard InChI is InChI=1S/C27H21F5/c1-2-3-16-5-10-21(23(28)12-16)19-9-11-22-20(15-19)8-7-18(26(22)31)6-4-17-13-24(29)27(32)25(30)14-17/h5,7-15H,2-4,6H2,1H3. The molecule has 0 aliphatic carbocycles. The van der Waals surface area contributed by atoms with Gasteiger partial charge in [0, 0.05) is 10.9 Å². The van der Waals surface area contributed by atoms with Gasteiger partial charge in [0.25, 0.3) is 0 Å². The summed E-state index contributed by atoms with van der Waals surface area (Å²) in [7, 11) is 0. The molecule has 4 aromatic rings. The molecule has 0 bridgehead atoms. The van der Waals surface area contributed by atoms with Gasteiger partial charge < -0.3 is 0 Å². The lowest BCUT2D eigenvalue weighted by Gasteiger charge is -2.10. The van der Waals surface area contributed by atoms with Crippen molar-refractivity contribution in [3.05, 3.63) is 106 Å². The van der Waals surface area contributed by atoms with Crippen molar-refractivity contribution in [3.63, 3.8) is 0 Å². The van der Waals surface area contributed by atoms with Crippen molar-refractivity contribution >= 4 is 10.8 Å². The van der Waals surface area contributed by atoms with Crippen LogP contribution in [-0.4, -0.2) is 0 Å². The molecule has 0 nitrogen and oxygen atoms in total. The molecule has 4 rings (SSSR count). The molecule has 0 aromatic heterocycles. The Morgan fingerprint density at radius 3 is 2.00 bits per heavy atom. The highest BCUT2D eigenvalue weighted by atomic mass is 19.2. The number of benzene rings is 4. The molecule has 0 amide bonds. The fourth-order valence-electron chi connectivity index (χ4n) is 3.97. The van der Waals surface area contributed by atoms with E-state index in [-0.39, 0.29) is 24.2 Å². The molecule has 0 N–H and O–H groups in total. The number of halogens is 5. The van der Waals surface area contributed by atoms with E-state index in [1.54, 1.807) is 36.4 Å². The van der Waals surface area contributed by atoms with E-state index in [1.165, 1.54) is 6.07 Å². The van der Waals surface area contributed by atoms with Gasteiger partial charge in [-0.25, -0.2) is 22.0 Å². The number of fused-ring (bicyclic) bond motifs is 1. The Labute approximate surface area is 183 Å². The molecular formula is C27H21F5. The van der Waals surface area contributed by atoms with Gasteiger partial charge in [-0.15, -0.1) is 0 Å². The monoisotopic (exact) mass is 440 g/mol. The summed E-state index contributed by atoms with van der Waals surface area (Å²) < 4.78 is 69.6. The van der Waals surface area contributed by atoms with Gasteiger partial charge in [0.2, 0.25) is 0 Å². The highest BCUT2D eigenvalue weighted by Crippen LogP contribution is 2.30. The summed E-state index contributed by atoms with van der Waals surface area (Å²) in [5, 5.41) is 1.00. The van der Waals surface area contributed by atoms with Gasteiger partial charge in [-0.1, -0.05) is 49.7 Å². The highest BCUT2D eigenvalue weighted by Gasteiger charge is 2.13. The van der Waals surface area contributed by atoms with E-state index in [0.717, 1.165) is 30.5 Å². The van der Waals surface area contributed by atoms with Crippen molar-refractivity contribution in [2.75, 3.05) is 0 Å². The molecule has 0 fully saturated rings. The quantitative estimate of drug-likeness (QED) is 0.211. The maximum Gasteiger partial charge on any atom is 0.194 e. The van der Waals surface area contributed by atoms with Crippen LogP contribution in [0.3, 0.4) is 0 Å². The predicted molar refractivity (Wildman–Crippen MR) is 117 cm³/mol. The van der Waals surface area contributed by atoms with Crippen LogP contribution in [0.1, 0.15) is 30.0 Å². The first-order chi connectivity index (χ1) is 15.4. The molecule has 5 heteroatoms. The SMILES string of the molecule is CCCc1ccc(-c2ccc3c(F)c(CCc4cc(F)c(F)c(F)c4)ccc3c2)c(F)c1. The molecule has 0 unspecified atom stereocenters. The first-order valence-corrected chi connectivity index (χ1v) is 10.5. The Morgan fingerprint density at radius 2 is 1.31 bits per heavy atom. The zero-order valence-corrected chi connectivity index (χ0v) is 17.5. The number of hydrogen-bond donors (Lipinski definition) is 0. The maximum absolute atomic E-state index is 15.1. The molecule has 0 radical (unpaired) electrons. The summed E-state index contributed by atoms with van der Waals surface area (Å²) in [6, 6.07) is 15.4. The third-order valence-electron chi connectivity index (χ3n) is 5.64. The molecular weight excluding hydrogens is 419 g/mol. The van der Waals surface area contributed by atoms with E-state index in [0.29, 0.717) is 27.5 Å². The van der Waals surface area contributed by atoms with E-state index in [9.17, 15) is 17.6 Å². The first-order valence-electron chi connectivity index (χ1n) is 10.5. The average Bonchev–Trinajstić information content (AvgIpc) is 2.77. The smallest absolute Gasteiger partial charge is 0.194 e. The van der Waals surface area contributed by atoms with Gasteiger partial charge in [0.05, 0.1) is 0 Å². The van der Waals surface area contributed by atoms with Crippen molar-refractivity contribution in [2.45, 2.75) is 32.6 Å². The Balaban J connectivity index is 1.60. The molecule has 0 aliphatic rings. The third-order valence-corrected chi connectivity index (χ3v) is 5.64. The zero-order valence-electron chi connectivity index (χ0n) is 17.5. The summed E-state index contributed by atoms with van der Waals surface area (Å²) in [5.41, 5.74) is 2.67. The lowest BCUT2D eigenvalue weighted by atomic mass is 9.96. The van der Waals surface area contributed by atoms with E-state index in [4.69, 9.17) is 0 Å². The van der Waals surface area contributed by atoms with Crippen molar-refractivity contribution < 1.29 is 22.0 Å². The Kier molecular flexibility index (Phi) is 6.26. The molecule has 4 aromatic carbocycles. The second-order valence-corrected chi connectivity index (χ2v) is 7.91. The summed E-state index contributed by atoms with van der Waals surface area (Å²) in [5.74, 6) is -4.79. The lowest BCUT2D eigenvalue weighted by molar-refractivity contribution is 0.445. The molecule has 0 saturated heterocycles. The van der Waals surface area contributed by atoms with Crippen molar-refractivity contribution in [1.82, 2.24) is 0 Å². The van der Waals surface area contributed by atoms with Gasteiger partial charge in [-0.05, 0) is 71.2 Å². The fourth-order valence-corrected chi connectivity index (χ4v) is 3.97. The second-order valence-electron chi connectivity index (χ2n) is 7.91. The topological polar surface area (TPSA) is 0 Å². The molecule has 164 valence electrons. The fraction of sp³-hybridized carbons (Fsp3) is 0.185. The van der Waals surface area contributed by atoms with Crippen LogP contribution < -0.4 is 0 Å². The van der Waals surface area contributed by atoms with Crippen LogP contribution in [0, 0.1) is 29.1 Å². The lowest BCUT2D eigenvalue weighted by Crippen LogP contribution is -1.99. The highest BCUT2D eigenvalue weighted by molar-refractivity contribution is 5.88. The summed E-state index contributed by atoms with van der Waals surface area (Å²) in [6.07, 6.45) is 2.09. The van der Waals surface area contributed by atoms with E-state index in [2.05, 4.69) is 0 Å². The maximum atomic E-state index is 15.1. The number of rotatable bonds is 6. The van der Waals surface area contributed by atoms with Gasteiger partial charge in [-0.3, -0.25) is 0 Å². The van der Waals surface area contributed by atoms with Crippen molar-refractivity contribution in [3.8, 4) is 11.1 Å². The third kappa shape index (κ3) is 4.38. The van der Waals surface area contributed by atoms with Crippen LogP contribution in [0.15, 0.2) is 60.7 Å². The second kappa shape index (κ2) is 9.11. The van der Waals surface area contributed by atoms with Crippen molar-refractivity contribution in [2.24, 2.45) is 0 Å². The van der Waals surface area contributed by atoms with Gasteiger partial charge in [0.15, 0.2) is 17.5 Å². The molecule has 0 saturated carbocycles. The minimum atomic E-state index is -1.52. The van der Waals surface area contributed by atoms with E-state index in [1.807, 2.05) is 13.0 Å². The van der Waals surface area contributed by atoms with Gasteiger partial charge in [0.1, 0.15) is 11.6 Å². The zero-order chi connectivity index (χ0) is 22.8. The Hall–Kier alpha value is -3.21. The van der Waals surface area contributed by atoms with E-state index < -0.39 is 23.3 Å². The van der Waals surface area contributed by atoms with Crippen LogP contribution in [0.5, 0.6) is 0 Å². The minimum absolute atomic E-state index is 0.157. The molecule has 0 aliphatic heterocycles. The minimum Gasteiger partial charge on any atom is -0.206 e. The van der Waals surface area contributed by atoms with Crippen LogP contribution in [-0.2, 0) is 19.3 Å². The Bertz CT molecular complexity index is 1270. The van der Waals surface area contributed by atoms with E-state index >= 15 is 4.39 Å². The molecule has 0 heterocycles. The van der Waals surface area contributed by atoms with Crippen LogP contribution >= 0.6 is 0 Å². The van der Waals surface area contributed by atoms with Gasteiger partial charge >= 0.3 is 0 Å². The normalized spacial score (nSPS) is 11.3. The van der Waals surface area contributed by atoms with Crippen LogP contribution in [0.25, 0.3) is 21.9 Å². The number of aryl methyl sites for hydroxylation is 3. The van der Waals surface area contributed by atoms with Gasteiger partial charge in [-0.2, -0.15) is 0 Å². The predicted octanol–water partition coefficient (Wildman–Crippen LogP) is 7.94. The van der Waals surface area contributed by atoms with Crippen molar-refractivity contribution in [1.29, 1.82) is 0 Å². The largest absolute Gasteiger partial charge is 0.206 e. The number of hydrogen-bond acceptors (Lipinski definition) is 0. The summed E-state index contributed by atoms with van der Waals surface area (Å²) in [4.78, 5) is 0. The summed E-state index contributed by atoms with van der Waals surface area (Å²) in [6.45, 7) is 2.04. The first kappa shape index (κ1) is 22.0. The molecule has 0 spiro atoms. The van der Waals surface area contributed by atoms with Crippen LogP contribution in [0.2, 0.25) is 0 Å².